The monoisotopic (exact) mass is 300 g/mol. The van der Waals surface area contributed by atoms with Crippen molar-refractivity contribution in [3.05, 3.63) is 28.2 Å². The van der Waals surface area contributed by atoms with Crippen LogP contribution in [0.2, 0.25) is 10.0 Å². The highest BCUT2D eigenvalue weighted by Gasteiger charge is 2.14. The second kappa shape index (κ2) is 5.23. The highest BCUT2D eigenvalue weighted by Crippen LogP contribution is 2.25. The molecule has 0 bridgehead atoms. The van der Waals surface area contributed by atoms with Crippen LogP contribution in [0, 0.1) is 0 Å². The molecule has 1 aromatic rings. The third-order valence-electron chi connectivity index (χ3n) is 1.56. The maximum Gasteiger partial charge on any atom is 0.284 e. The van der Waals surface area contributed by atoms with Crippen molar-refractivity contribution in [2.75, 3.05) is 5.88 Å². The molecule has 0 radical (unpaired) electrons. The summed E-state index contributed by atoms with van der Waals surface area (Å²) < 4.78 is 26.6. The molecule has 4 nitrogen and oxygen atoms in total. The molecule has 0 spiro atoms. The first-order valence-electron chi connectivity index (χ1n) is 3.97. The SMILES string of the molecule is N/C(CCl)=N\S(=O)(=O)c1ccc(Cl)c(Cl)c1. The first-order valence-corrected chi connectivity index (χ1v) is 6.70. The molecule has 0 fully saturated rings. The molecule has 88 valence electrons. The van der Waals surface area contributed by atoms with Gasteiger partial charge >= 0.3 is 0 Å². The molecule has 0 atom stereocenters. The van der Waals surface area contributed by atoms with Gasteiger partial charge in [0.1, 0.15) is 5.84 Å². The van der Waals surface area contributed by atoms with Crippen molar-refractivity contribution in [2.45, 2.75) is 4.90 Å². The molecule has 0 unspecified atom stereocenters. The Hall–Kier alpha value is -0.490. The normalized spacial score (nSPS) is 12.8. The molecule has 0 aliphatic rings. The average molecular weight is 302 g/mol. The molecule has 1 rings (SSSR count). The van der Waals surface area contributed by atoms with Crippen LogP contribution >= 0.6 is 34.8 Å². The first kappa shape index (κ1) is 13.6. The van der Waals surface area contributed by atoms with Gasteiger partial charge in [0.05, 0.1) is 20.8 Å². The number of hydrogen-bond acceptors (Lipinski definition) is 2. The zero-order chi connectivity index (χ0) is 12.3. The minimum absolute atomic E-state index is 0.0880. The second-order valence-electron chi connectivity index (χ2n) is 2.77. The van der Waals surface area contributed by atoms with Crippen LogP contribution in [0.25, 0.3) is 0 Å². The van der Waals surface area contributed by atoms with Crippen molar-refractivity contribution in [1.82, 2.24) is 0 Å². The Morgan fingerprint density at radius 3 is 2.44 bits per heavy atom. The molecule has 8 heteroatoms. The number of benzene rings is 1. The summed E-state index contributed by atoms with van der Waals surface area (Å²) in [6.07, 6.45) is 0. The third-order valence-corrected chi connectivity index (χ3v) is 3.90. The van der Waals surface area contributed by atoms with E-state index in [0.717, 1.165) is 0 Å². The summed E-state index contributed by atoms with van der Waals surface area (Å²) in [5.41, 5.74) is 5.24. The summed E-state index contributed by atoms with van der Waals surface area (Å²) in [5.74, 6) is -0.353. The summed E-state index contributed by atoms with van der Waals surface area (Å²) in [7, 11) is -3.88. The van der Waals surface area contributed by atoms with E-state index in [1.54, 1.807) is 0 Å². The molecule has 0 amide bonds. The lowest BCUT2D eigenvalue weighted by molar-refractivity contribution is 0.598. The summed E-state index contributed by atoms with van der Waals surface area (Å²) in [6, 6.07) is 3.85. The number of alkyl halides is 1. The van der Waals surface area contributed by atoms with E-state index >= 15 is 0 Å². The number of hydrogen-bond donors (Lipinski definition) is 1. The Morgan fingerprint density at radius 2 is 1.94 bits per heavy atom. The van der Waals surface area contributed by atoms with E-state index in [0.29, 0.717) is 0 Å². The van der Waals surface area contributed by atoms with E-state index in [1.807, 2.05) is 0 Å². The van der Waals surface area contributed by atoms with Crippen LogP contribution in [0.15, 0.2) is 27.5 Å². The van der Waals surface area contributed by atoms with Gasteiger partial charge in [-0.15, -0.1) is 16.0 Å². The Kier molecular flexibility index (Phi) is 4.43. The highest BCUT2D eigenvalue weighted by atomic mass is 35.5. The highest BCUT2D eigenvalue weighted by molar-refractivity contribution is 7.90. The first-order chi connectivity index (χ1) is 7.36. The Balaban J connectivity index is 3.23. The maximum atomic E-state index is 11.6. The van der Waals surface area contributed by atoms with Crippen molar-refractivity contribution in [3.8, 4) is 0 Å². The van der Waals surface area contributed by atoms with Crippen LogP contribution in [0.4, 0.5) is 0 Å². The standard InChI is InChI=1S/C8H7Cl3N2O2S/c9-4-8(12)13-16(14,15)5-1-2-6(10)7(11)3-5/h1-3H,4H2,(H2,12,13). The number of sulfonamides is 1. The fourth-order valence-corrected chi connectivity index (χ4v) is 2.35. The van der Waals surface area contributed by atoms with E-state index < -0.39 is 10.0 Å². The number of halogens is 3. The molecule has 0 aromatic heterocycles. The van der Waals surface area contributed by atoms with Gasteiger partial charge in [-0.2, -0.15) is 8.42 Å². The summed E-state index contributed by atoms with van der Waals surface area (Å²) in [6.45, 7) is 0. The molecule has 0 saturated heterocycles. The van der Waals surface area contributed by atoms with E-state index in [-0.39, 0.29) is 26.7 Å². The van der Waals surface area contributed by atoms with Crippen molar-refractivity contribution in [1.29, 1.82) is 0 Å². The van der Waals surface area contributed by atoms with Crippen LogP contribution in [-0.2, 0) is 10.0 Å². The van der Waals surface area contributed by atoms with E-state index in [2.05, 4.69) is 4.40 Å². The molecule has 1 aromatic carbocycles. The summed E-state index contributed by atoms with van der Waals surface area (Å²) in [5, 5.41) is 0.386. The quantitative estimate of drug-likeness (QED) is 0.529. The lowest BCUT2D eigenvalue weighted by atomic mass is 10.4. The molecular weight excluding hydrogens is 295 g/mol. The average Bonchev–Trinajstić information content (AvgIpc) is 2.21. The molecule has 0 heterocycles. The van der Waals surface area contributed by atoms with Gasteiger partial charge in [0.2, 0.25) is 0 Å². The number of nitrogens with zero attached hydrogens (tertiary/aromatic N) is 1. The van der Waals surface area contributed by atoms with E-state index in [9.17, 15) is 8.42 Å². The zero-order valence-corrected chi connectivity index (χ0v) is 10.9. The fourth-order valence-electron chi connectivity index (χ4n) is 0.869. The number of amidine groups is 1. The van der Waals surface area contributed by atoms with Gasteiger partial charge in [0.25, 0.3) is 10.0 Å². The van der Waals surface area contributed by atoms with Gasteiger partial charge in [-0.25, -0.2) is 0 Å². The predicted octanol–water partition coefficient (Wildman–Crippen LogP) is 2.28. The van der Waals surface area contributed by atoms with Crippen LogP contribution in [0.1, 0.15) is 0 Å². The van der Waals surface area contributed by atoms with Crippen molar-refractivity contribution in [2.24, 2.45) is 10.1 Å². The van der Waals surface area contributed by atoms with Crippen LogP contribution < -0.4 is 5.73 Å². The van der Waals surface area contributed by atoms with Gasteiger partial charge < -0.3 is 5.73 Å². The number of rotatable bonds is 3. The molecule has 2 N–H and O–H groups in total. The zero-order valence-electron chi connectivity index (χ0n) is 7.82. The minimum Gasteiger partial charge on any atom is -0.385 e. The van der Waals surface area contributed by atoms with Crippen LogP contribution in [0.5, 0.6) is 0 Å². The topological polar surface area (TPSA) is 72.5 Å². The summed E-state index contributed by atoms with van der Waals surface area (Å²) in [4.78, 5) is -0.0880. The Labute approximate surface area is 108 Å². The van der Waals surface area contributed by atoms with Gasteiger partial charge in [0, 0.05) is 0 Å². The van der Waals surface area contributed by atoms with Gasteiger partial charge in [-0.1, -0.05) is 23.2 Å². The maximum absolute atomic E-state index is 11.6. The van der Waals surface area contributed by atoms with E-state index in [4.69, 9.17) is 40.5 Å². The third kappa shape index (κ3) is 3.25. The number of nitrogens with two attached hydrogens (primary N) is 1. The van der Waals surface area contributed by atoms with Gasteiger partial charge in [-0.05, 0) is 18.2 Å². The smallest absolute Gasteiger partial charge is 0.284 e. The molecule has 0 saturated carbocycles. The van der Waals surface area contributed by atoms with E-state index in [1.165, 1.54) is 18.2 Å². The van der Waals surface area contributed by atoms with Crippen LogP contribution in [0.3, 0.4) is 0 Å². The largest absolute Gasteiger partial charge is 0.385 e. The van der Waals surface area contributed by atoms with Gasteiger partial charge in [-0.3, -0.25) is 0 Å². The fraction of sp³-hybridized carbons (Fsp3) is 0.125. The lowest BCUT2D eigenvalue weighted by Gasteiger charge is -2.01. The van der Waals surface area contributed by atoms with Crippen molar-refractivity contribution >= 4 is 50.7 Å². The van der Waals surface area contributed by atoms with Crippen molar-refractivity contribution in [3.63, 3.8) is 0 Å². The Morgan fingerprint density at radius 1 is 1.31 bits per heavy atom. The lowest BCUT2D eigenvalue weighted by Crippen LogP contribution is -2.16. The Bertz CT molecular complexity index is 528. The minimum atomic E-state index is -3.88. The predicted molar refractivity (Wildman–Crippen MR) is 66.0 cm³/mol. The molecule has 0 aliphatic heterocycles. The van der Waals surface area contributed by atoms with Crippen LogP contribution in [-0.4, -0.2) is 20.1 Å². The second-order valence-corrected chi connectivity index (χ2v) is 5.45. The van der Waals surface area contributed by atoms with Crippen molar-refractivity contribution < 1.29 is 8.42 Å². The molecule has 0 aliphatic carbocycles. The molecule has 16 heavy (non-hydrogen) atoms. The molecular formula is C8H7Cl3N2O2S. The van der Waals surface area contributed by atoms with Gasteiger partial charge in [0.15, 0.2) is 0 Å². The summed E-state index contributed by atoms with van der Waals surface area (Å²) >= 11 is 16.7.